The standard InChI is InChI=1S/BN2O6.NO3/c4-2(5)7-1-8-3(6)9-1;2-1(3)4/q+1;-1. The van der Waals surface area contributed by atoms with Crippen molar-refractivity contribution in [2.24, 2.45) is 0 Å². The Hall–Kier alpha value is -2.34. The van der Waals surface area contributed by atoms with E-state index in [0.717, 1.165) is 0 Å². The van der Waals surface area contributed by atoms with Crippen molar-refractivity contribution in [2.75, 3.05) is 0 Å². The highest BCUT2D eigenvalue weighted by Gasteiger charge is 2.57. The van der Waals surface area contributed by atoms with E-state index in [0.29, 0.717) is 0 Å². The fraction of sp³-hybridized carbons (Fsp3) is 0. The monoisotopic (exact) mass is 197 g/mol. The van der Waals surface area contributed by atoms with E-state index >= 15 is 0 Å². The van der Waals surface area contributed by atoms with Gasteiger partial charge in [-0.25, -0.2) is 0 Å². The van der Waals surface area contributed by atoms with E-state index in [1.807, 2.05) is 0 Å². The predicted octanol–water partition coefficient (Wildman–Crippen LogP) is -1.40. The van der Waals surface area contributed by atoms with E-state index in [4.69, 9.17) is 15.3 Å². The zero-order chi connectivity index (χ0) is 10.4. The summed E-state index contributed by atoms with van der Waals surface area (Å²) in [6.07, 6.45) is 0. The van der Waals surface area contributed by atoms with Gasteiger partial charge >= 0.3 is 12.4 Å². The summed E-state index contributed by atoms with van der Waals surface area (Å²) in [7, 11) is -1.50. The van der Waals surface area contributed by atoms with Gasteiger partial charge in [-0.2, -0.15) is 9.51 Å². The molecule has 13 heavy (non-hydrogen) atoms. The molecule has 0 saturated carbocycles. The first-order chi connectivity index (χ1) is 5.91. The van der Waals surface area contributed by atoms with Gasteiger partial charge in [0.25, 0.3) is 5.09 Å². The van der Waals surface area contributed by atoms with Crippen molar-refractivity contribution in [1.82, 2.24) is 0 Å². The minimum absolute atomic E-state index is 0.297. The Morgan fingerprint density at radius 2 is 1.62 bits per heavy atom. The van der Waals surface area contributed by atoms with E-state index in [-0.39, 0.29) is 5.09 Å². The fourth-order valence-corrected chi connectivity index (χ4v) is 0.257. The summed E-state index contributed by atoms with van der Waals surface area (Å²) < 4.78 is 11.3. The van der Waals surface area contributed by atoms with Crippen molar-refractivity contribution in [1.29, 1.82) is 0 Å². The second kappa shape index (κ2) is 4.52. The average Bonchev–Trinajstić information content (AvgIpc) is 1.81. The lowest BCUT2D eigenvalue weighted by Crippen LogP contribution is -2.45. The molecule has 13 heteroatoms. The van der Waals surface area contributed by atoms with Gasteiger partial charge in [0.2, 0.25) is 0 Å². The lowest BCUT2D eigenvalue weighted by Gasteiger charge is -2.02. The Kier molecular flexibility index (Phi) is 3.71. The molecule has 72 valence electrons. The topological polar surface area (TPSA) is 157 Å². The van der Waals surface area contributed by atoms with Crippen LogP contribution in [0.15, 0.2) is 0 Å². The second-order valence-corrected chi connectivity index (χ2v) is 1.28. The highest BCUT2D eigenvalue weighted by molar-refractivity contribution is 6.36. The van der Waals surface area contributed by atoms with Gasteiger partial charge < -0.3 is 15.3 Å². The van der Waals surface area contributed by atoms with Crippen LogP contribution in [-0.4, -0.2) is 22.6 Å². The Labute approximate surface area is 68.5 Å². The summed E-state index contributed by atoms with van der Waals surface area (Å²) in [5.41, 5.74) is 0. The molecule has 0 radical (unpaired) electrons. The van der Waals surface area contributed by atoms with Gasteiger partial charge in [-0.3, -0.25) is 4.76 Å². The van der Waals surface area contributed by atoms with Gasteiger partial charge in [0.1, 0.15) is 4.91 Å². The molecule has 0 aromatic heterocycles. The normalized spacial score (nSPS) is 12.3. The van der Waals surface area contributed by atoms with Gasteiger partial charge in [-0.05, 0) is 0 Å². The summed E-state index contributed by atoms with van der Waals surface area (Å²) >= 11 is 0. The average molecular weight is 197 g/mol. The largest absolute Gasteiger partial charge is 0.943 e. The molecule has 0 spiro atoms. The SMILES string of the molecule is O=[N+]([O-])OB1O[N+](=O)O1.O=[N+]([O-])[O-]. The van der Waals surface area contributed by atoms with Crippen LogP contribution in [0.1, 0.15) is 0 Å². The summed E-state index contributed by atoms with van der Waals surface area (Å²) in [6, 6.07) is 0. The number of rotatable bonds is 2. The lowest BCUT2D eigenvalue weighted by atomic mass is 10.2. The maximum Gasteiger partial charge on any atom is 0.943 e. The molecule has 1 heterocycles. The molecule has 1 saturated heterocycles. The van der Waals surface area contributed by atoms with Gasteiger partial charge in [-0.1, -0.05) is 0 Å². The summed E-state index contributed by atoms with van der Waals surface area (Å²) in [6.45, 7) is 0. The molecule has 1 aliphatic heterocycles. The lowest BCUT2D eigenvalue weighted by molar-refractivity contribution is -1.00. The Bertz CT molecular complexity index is 211. The second-order valence-electron chi connectivity index (χ2n) is 1.28. The van der Waals surface area contributed by atoms with E-state index in [2.05, 4.69) is 14.3 Å². The van der Waals surface area contributed by atoms with Crippen LogP contribution in [0.2, 0.25) is 0 Å². The highest BCUT2D eigenvalue weighted by atomic mass is 17.2. The predicted molar refractivity (Wildman–Crippen MR) is 30.0 cm³/mol. The van der Waals surface area contributed by atoms with E-state index in [1.165, 1.54) is 0 Å². The summed E-state index contributed by atoms with van der Waals surface area (Å²) in [5, 5.41) is 22.7. The van der Waals surface area contributed by atoms with Gasteiger partial charge in [0.15, 0.2) is 0 Å². The first-order valence-electron chi connectivity index (χ1n) is 2.35. The molecule has 0 aromatic rings. The minimum atomic E-state index is -1.75. The zero-order valence-corrected chi connectivity index (χ0v) is 5.59. The van der Waals surface area contributed by atoms with Crippen molar-refractivity contribution in [3.05, 3.63) is 30.3 Å². The van der Waals surface area contributed by atoms with Crippen molar-refractivity contribution < 1.29 is 29.5 Å². The molecule has 0 bridgehead atoms. The van der Waals surface area contributed by atoms with Crippen molar-refractivity contribution in [3.8, 4) is 0 Å². The molecule has 1 aliphatic rings. The van der Waals surface area contributed by atoms with Crippen LogP contribution in [-0.2, 0) is 14.3 Å². The van der Waals surface area contributed by atoms with Crippen LogP contribution in [0.5, 0.6) is 0 Å². The smallest absolute Gasteiger partial charge is 0.356 e. The molecular weight excluding hydrogens is 197 g/mol. The molecule has 0 aliphatic carbocycles. The van der Waals surface area contributed by atoms with Gasteiger partial charge in [0, 0.05) is 0 Å². The van der Waals surface area contributed by atoms with Crippen molar-refractivity contribution in [3.63, 3.8) is 0 Å². The third-order valence-corrected chi connectivity index (χ3v) is 0.516. The van der Waals surface area contributed by atoms with Crippen LogP contribution in [0, 0.1) is 30.3 Å². The Morgan fingerprint density at radius 1 is 1.23 bits per heavy atom. The third kappa shape index (κ3) is 6.08. The number of hydrogen-bond donors (Lipinski definition) is 0. The maximum absolute atomic E-state index is 9.66. The first kappa shape index (κ1) is 10.7. The van der Waals surface area contributed by atoms with E-state index < -0.39 is 17.5 Å². The van der Waals surface area contributed by atoms with Crippen molar-refractivity contribution >= 4 is 7.32 Å². The molecule has 0 aromatic carbocycles. The van der Waals surface area contributed by atoms with Crippen LogP contribution < -0.4 is 0 Å². The molecule has 0 atom stereocenters. The Balaban J connectivity index is 0.000000310. The van der Waals surface area contributed by atoms with Crippen molar-refractivity contribution in [2.45, 2.75) is 0 Å². The number of nitrogens with zero attached hydrogens (tertiary/aromatic N) is 3. The van der Waals surface area contributed by atoms with Crippen LogP contribution in [0.25, 0.3) is 0 Å². The summed E-state index contributed by atoms with van der Waals surface area (Å²) in [4.78, 5) is 27.3. The van der Waals surface area contributed by atoms with Gasteiger partial charge in [-0.15, -0.1) is 10.1 Å². The molecule has 0 amide bonds. The van der Waals surface area contributed by atoms with E-state index in [9.17, 15) is 15.0 Å². The third-order valence-electron chi connectivity index (χ3n) is 0.516. The zero-order valence-electron chi connectivity index (χ0n) is 5.59. The number of hydrogen-bond acceptors (Lipinski definition) is 9. The van der Waals surface area contributed by atoms with Gasteiger partial charge in [0.05, 0.1) is 5.09 Å². The van der Waals surface area contributed by atoms with Crippen LogP contribution >= 0.6 is 0 Å². The quantitative estimate of drug-likeness (QED) is 0.294. The van der Waals surface area contributed by atoms with Crippen LogP contribution in [0.3, 0.4) is 0 Å². The molecule has 0 N–H and O–H groups in total. The maximum atomic E-state index is 9.66. The molecule has 0 unspecified atom stereocenters. The molecular formula is BN3O9. The van der Waals surface area contributed by atoms with Crippen LogP contribution in [0.4, 0.5) is 0 Å². The molecule has 12 nitrogen and oxygen atoms in total. The summed E-state index contributed by atoms with van der Waals surface area (Å²) in [5.74, 6) is 0. The fourth-order valence-electron chi connectivity index (χ4n) is 0.257. The Morgan fingerprint density at radius 3 is 1.85 bits per heavy atom. The molecule has 1 rings (SSSR count). The first-order valence-corrected chi connectivity index (χ1v) is 2.35. The minimum Gasteiger partial charge on any atom is -0.356 e. The molecule has 1 fully saturated rings. The highest BCUT2D eigenvalue weighted by Crippen LogP contribution is 2.03. The van der Waals surface area contributed by atoms with E-state index in [1.54, 1.807) is 0 Å².